The molecular formula is C13H25NO2S. The molecule has 17 heavy (non-hydrogen) atoms. The highest BCUT2D eigenvalue weighted by Crippen LogP contribution is 2.30. The van der Waals surface area contributed by atoms with E-state index in [2.05, 4.69) is 19.2 Å². The number of nitrogens with one attached hydrogen (secondary N) is 1. The Morgan fingerprint density at radius 2 is 1.53 bits per heavy atom. The van der Waals surface area contributed by atoms with E-state index in [-0.39, 0.29) is 0 Å². The van der Waals surface area contributed by atoms with Crippen LogP contribution >= 0.6 is 0 Å². The Balaban J connectivity index is 1.79. The van der Waals surface area contributed by atoms with Crippen LogP contribution < -0.4 is 5.32 Å². The van der Waals surface area contributed by atoms with Crippen molar-refractivity contribution >= 4 is 9.84 Å². The maximum Gasteiger partial charge on any atom is 0.150 e. The smallest absolute Gasteiger partial charge is 0.150 e. The molecule has 4 heteroatoms. The van der Waals surface area contributed by atoms with Gasteiger partial charge in [-0.3, -0.25) is 0 Å². The second-order valence-corrected chi connectivity index (χ2v) is 8.36. The van der Waals surface area contributed by atoms with Crippen LogP contribution in [0.3, 0.4) is 0 Å². The third-order valence-corrected chi connectivity index (χ3v) is 6.34. The predicted molar refractivity (Wildman–Crippen MR) is 70.8 cm³/mol. The van der Waals surface area contributed by atoms with Crippen molar-refractivity contribution in [2.75, 3.05) is 11.5 Å². The third kappa shape index (κ3) is 3.68. The highest BCUT2D eigenvalue weighted by molar-refractivity contribution is 7.91. The average Bonchev–Trinajstić information content (AvgIpc) is 2.27. The van der Waals surface area contributed by atoms with E-state index in [1.54, 1.807) is 0 Å². The first-order chi connectivity index (χ1) is 7.96. The Morgan fingerprint density at radius 3 is 2.12 bits per heavy atom. The largest absolute Gasteiger partial charge is 0.311 e. The summed E-state index contributed by atoms with van der Waals surface area (Å²) >= 11 is 0. The van der Waals surface area contributed by atoms with Gasteiger partial charge in [0.1, 0.15) is 9.84 Å². The van der Waals surface area contributed by atoms with Crippen molar-refractivity contribution in [3.8, 4) is 0 Å². The van der Waals surface area contributed by atoms with Crippen molar-refractivity contribution in [1.29, 1.82) is 0 Å². The molecule has 1 N–H and O–H groups in total. The molecule has 1 aliphatic heterocycles. The molecule has 3 nitrogen and oxygen atoms in total. The molecule has 0 aromatic rings. The summed E-state index contributed by atoms with van der Waals surface area (Å²) in [4.78, 5) is 0. The lowest BCUT2D eigenvalue weighted by atomic mass is 9.79. The molecule has 100 valence electrons. The second kappa shape index (κ2) is 5.27. The molecular weight excluding hydrogens is 234 g/mol. The molecule has 2 rings (SSSR count). The van der Waals surface area contributed by atoms with E-state index in [1.165, 1.54) is 19.3 Å². The van der Waals surface area contributed by atoms with Crippen LogP contribution in [0.2, 0.25) is 0 Å². The normalized spacial score (nSPS) is 39.1. The van der Waals surface area contributed by atoms with Gasteiger partial charge in [0.05, 0.1) is 11.5 Å². The Kier molecular flexibility index (Phi) is 4.14. The van der Waals surface area contributed by atoms with Crippen molar-refractivity contribution in [1.82, 2.24) is 5.32 Å². The lowest BCUT2D eigenvalue weighted by Gasteiger charge is -2.36. The highest BCUT2D eigenvalue weighted by atomic mass is 32.2. The highest BCUT2D eigenvalue weighted by Gasteiger charge is 2.29. The first-order valence-corrected chi connectivity index (χ1v) is 8.75. The predicted octanol–water partition coefficient (Wildman–Crippen LogP) is 1.98. The van der Waals surface area contributed by atoms with Crippen LogP contribution in [-0.2, 0) is 9.84 Å². The standard InChI is InChI=1S/C13H25NO2S/c1-10-3-4-13(9-11(10)2)14-12-5-7-17(15,16)8-6-12/h10-14H,3-9H2,1-2H3. The van der Waals surface area contributed by atoms with E-state index in [0.29, 0.717) is 23.6 Å². The van der Waals surface area contributed by atoms with Crippen molar-refractivity contribution in [2.45, 2.75) is 58.0 Å². The fourth-order valence-corrected chi connectivity index (χ4v) is 4.58. The molecule has 2 fully saturated rings. The minimum Gasteiger partial charge on any atom is -0.311 e. The molecule has 0 aromatic heterocycles. The van der Waals surface area contributed by atoms with Crippen molar-refractivity contribution in [2.24, 2.45) is 11.8 Å². The third-order valence-electron chi connectivity index (χ3n) is 4.62. The minimum absolute atomic E-state index is 0.378. The van der Waals surface area contributed by atoms with E-state index >= 15 is 0 Å². The van der Waals surface area contributed by atoms with Gasteiger partial charge in [-0.1, -0.05) is 13.8 Å². The van der Waals surface area contributed by atoms with Gasteiger partial charge in [0.15, 0.2) is 0 Å². The molecule has 2 aliphatic rings. The molecule has 1 aliphatic carbocycles. The van der Waals surface area contributed by atoms with E-state index < -0.39 is 9.84 Å². The van der Waals surface area contributed by atoms with Crippen LogP contribution in [0.5, 0.6) is 0 Å². The first kappa shape index (κ1) is 13.3. The fourth-order valence-electron chi connectivity index (χ4n) is 3.09. The van der Waals surface area contributed by atoms with Gasteiger partial charge in [-0.2, -0.15) is 0 Å². The first-order valence-electron chi connectivity index (χ1n) is 6.93. The summed E-state index contributed by atoms with van der Waals surface area (Å²) in [5.74, 6) is 2.40. The zero-order chi connectivity index (χ0) is 12.5. The molecule has 0 radical (unpaired) electrons. The summed E-state index contributed by atoms with van der Waals surface area (Å²) in [6, 6.07) is 1.05. The van der Waals surface area contributed by atoms with Crippen LogP contribution in [0.25, 0.3) is 0 Å². The Labute approximate surface area is 105 Å². The average molecular weight is 259 g/mol. The summed E-state index contributed by atoms with van der Waals surface area (Å²) in [7, 11) is -2.72. The van der Waals surface area contributed by atoms with Crippen LogP contribution in [0.1, 0.15) is 46.0 Å². The van der Waals surface area contributed by atoms with Crippen LogP contribution in [0, 0.1) is 11.8 Å². The summed E-state index contributed by atoms with van der Waals surface area (Å²) in [6.45, 7) is 4.68. The topological polar surface area (TPSA) is 46.2 Å². The van der Waals surface area contributed by atoms with E-state index in [0.717, 1.165) is 24.7 Å². The number of hydrogen-bond acceptors (Lipinski definition) is 3. The molecule has 0 bridgehead atoms. The Bertz CT molecular complexity index is 338. The summed E-state index contributed by atoms with van der Waals surface area (Å²) < 4.78 is 22.7. The molecule has 0 spiro atoms. The van der Waals surface area contributed by atoms with Gasteiger partial charge < -0.3 is 5.32 Å². The van der Waals surface area contributed by atoms with Crippen molar-refractivity contribution in [3.63, 3.8) is 0 Å². The van der Waals surface area contributed by atoms with Crippen LogP contribution in [0.15, 0.2) is 0 Å². The molecule has 3 unspecified atom stereocenters. The Hall–Kier alpha value is -0.0900. The SMILES string of the molecule is CC1CCC(NC2CCS(=O)(=O)CC2)CC1C. The number of hydrogen-bond donors (Lipinski definition) is 1. The van der Waals surface area contributed by atoms with E-state index in [1.807, 2.05) is 0 Å². The summed E-state index contributed by atoms with van der Waals surface area (Å²) in [6.07, 6.45) is 5.44. The minimum atomic E-state index is -2.72. The lowest BCUT2D eigenvalue weighted by molar-refractivity contribution is 0.212. The lowest BCUT2D eigenvalue weighted by Crippen LogP contribution is -2.45. The van der Waals surface area contributed by atoms with Crippen LogP contribution in [-0.4, -0.2) is 32.0 Å². The zero-order valence-electron chi connectivity index (χ0n) is 11.0. The zero-order valence-corrected chi connectivity index (χ0v) is 11.8. The molecule has 0 amide bonds. The summed E-state index contributed by atoms with van der Waals surface area (Å²) in [5.41, 5.74) is 0. The van der Waals surface area contributed by atoms with Crippen molar-refractivity contribution in [3.05, 3.63) is 0 Å². The Morgan fingerprint density at radius 1 is 0.882 bits per heavy atom. The van der Waals surface area contributed by atoms with Gasteiger partial charge >= 0.3 is 0 Å². The van der Waals surface area contributed by atoms with Gasteiger partial charge in [-0.15, -0.1) is 0 Å². The van der Waals surface area contributed by atoms with Crippen molar-refractivity contribution < 1.29 is 8.42 Å². The quantitative estimate of drug-likeness (QED) is 0.825. The van der Waals surface area contributed by atoms with Gasteiger partial charge in [0.2, 0.25) is 0 Å². The van der Waals surface area contributed by atoms with E-state index in [4.69, 9.17) is 0 Å². The monoisotopic (exact) mass is 259 g/mol. The fraction of sp³-hybridized carbons (Fsp3) is 1.00. The second-order valence-electron chi connectivity index (χ2n) is 6.06. The van der Waals surface area contributed by atoms with Gasteiger partial charge in [-0.25, -0.2) is 8.42 Å². The molecule has 3 atom stereocenters. The maximum atomic E-state index is 11.4. The van der Waals surface area contributed by atoms with E-state index in [9.17, 15) is 8.42 Å². The summed E-state index contributed by atoms with van der Waals surface area (Å²) in [5, 5.41) is 3.68. The molecule has 1 saturated heterocycles. The van der Waals surface area contributed by atoms with Gasteiger partial charge in [0.25, 0.3) is 0 Å². The van der Waals surface area contributed by atoms with Crippen LogP contribution in [0.4, 0.5) is 0 Å². The maximum absolute atomic E-state index is 11.4. The van der Waals surface area contributed by atoms with Gasteiger partial charge in [-0.05, 0) is 43.9 Å². The molecule has 0 aromatic carbocycles. The molecule has 1 saturated carbocycles. The number of sulfone groups is 1. The molecule has 1 heterocycles. The number of rotatable bonds is 2. The van der Waals surface area contributed by atoms with Gasteiger partial charge in [0, 0.05) is 12.1 Å².